The standard InChI is InChI=1S/C17H23N5O2/c1-4-15-18-19-16-10-20(5-6-22(15)16)13-8-21(9-13)17(23)14-7-11(2)24-12(14)3/h7,13H,4-6,8-10H2,1-3H3. The number of fused-ring (bicyclic) bond motifs is 1. The van der Waals surface area contributed by atoms with E-state index in [2.05, 4.69) is 26.6 Å². The zero-order valence-electron chi connectivity index (χ0n) is 14.4. The number of aromatic nitrogens is 3. The summed E-state index contributed by atoms with van der Waals surface area (Å²) in [5, 5.41) is 8.57. The van der Waals surface area contributed by atoms with E-state index >= 15 is 0 Å². The van der Waals surface area contributed by atoms with Gasteiger partial charge in [-0.3, -0.25) is 9.69 Å². The lowest BCUT2D eigenvalue weighted by molar-refractivity contribution is 0.0165. The first-order valence-corrected chi connectivity index (χ1v) is 8.58. The van der Waals surface area contributed by atoms with Crippen LogP contribution in [-0.4, -0.2) is 56.1 Å². The van der Waals surface area contributed by atoms with Crippen LogP contribution in [0.5, 0.6) is 0 Å². The maximum atomic E-state index is 12.6. The van der Waals surface area contributed by atoms with Gasteiger partial charge in [0.25, 0.3) is 5.91 Å². The largest absolute Gasteiger partial charge is 0.466 e. The fourth-order valence-electron chi connectivity index (χ4n) is 3.68. The molecule has 4 rings (SSSR count). The Balaban J connectivity index is 1.38. The van der Waals surface area contributed by atoms with Gasteiger partial charge in [0.05, 0.1) is 12.1 Å². The van der Waals surface area contributed by atoms with E-state index in [0.29, 0.717) is 17.4 Å². The van der Waals surface area contributed by atoms with Gasteiger partial charge < -0.3 is 13.9 Å². The maximum absolute atomic E-state index is 12.6. The van der Waals surface area contributed by atoms with Crippen LogP contribution >= 0.6 is 0 Å². The van der Waals surface area contributed by atoms with Crippen LogP contribution in [0.1, 0.15) is 40.5 Å². The van der Waals surface area contributed by atoms with E-state index in [1.807, 2.05) is 24.8 Å². The minimum absolute atomic E-state index is 0.0778. The third kappa shape index (κ3) is 2.43. The Kier molecular flexibility index (Phi) is 3.68. The van der Waals surface area contributed by atoms with Crippen LogP contribution in [-0.2, 0) is 19.5 Å². The van der Waals surface area contributed by atoms with E-state index in [-0.39, 0.29) is 5.91 Å². The van der Waals surface area contributed by atoms with Crippen LogP contribution < -0.4 is 0 Å². The van der Waals surface area contributed by atoms with Gasteiger partial charge in [-0.25, -0.2) is 0 Å². The molecule has 0 aliphatic carbocycles. The zero-order chi connectivity index (χ0) is 16.8. The summed E-state index contributed by atoms with van der Waals surface area (Å²) in [6.45, 7) is 10.1. The van der Waals surface area contributed by atoms with Crippen LogP contribution in [0, 0.1) is 13.8 Å². The number of hydrogen-bond acceptors (Lipinski definition) is 5. The summed E-state index contributed by atoms with van der Waals surface area (Å²) in [7, 11) is 0. The molecule has 1 amide bonds. The minimum atomic E-state index is 0.0778. The molecule has 7 nitrogen and oxygen atoms in total. The second-order valence-corrected chi connectivity index (χ2v) is 6.70. The molecular weight excluding hydrogens is 306 g/mol. The number of hydrogen-bond donors (Lipinski definition) is 0. The highest BCUT2D eigenvalue weighted by Gasteiger charge is 2.37. The van der Waals surface area contributed by atoms with Gasteiger partial charge in [0.15, 0.2) is 0 Å². The number of furan rings is 1. The molecular formula is C17H23N5O2. The third-order valence-corrected chi connectivity index (χ3v) is 5.11. The Morgan fingerprint density at radius 3 is 2.75 bits per heavy atom. The number of nitrogens with zero attached hydrogens (tertiary/aromatic N) is 5. The molecule has 2 aliphatic heterocycles. The van der Waals surface area contributed by atoms with Crippen LogP contribution in [0.3, 0.4) is 0 Å². The molecule has 7 heteroatoms. The van der Waals surface area contributed by atoms with Gasteiger partial charge in [-0.15, -0.1) is 10.2 Å². The second kappa shape index (κ2) is 5.73. The van der Waals surface area contributed by atoms with Crippen molar-refractivity contribution in [3.63, 3.8) is 0 Å². The monoisotopic (exact) mass is 329 g/mol. The number of rotatable bonds is 3. The van der Waals surface area contributed by atoms with Crippen molar-refractivity contribution in [2.75, 3.05) is 19.6 Å². The molecule has 0 radical (unpaired) electrons. The van der Waals surface area contributed by atoms with E-state index in [4.69, 9.17) is 4.42 Å². The number of amides is 1. The quantitative estimate of drug-likeness (QED) is 0.851. The molecule has 0 aromatic carbocycles. The lowest BCUT2D eigenvalue weighted by Gasteiger charge is -2.46. The van der Waals surface area contributed by atoms with Gasteiger partial charge in [0.1, 0.15) is 23.2 Å². The molecule has 128 valence electrons. The molecule has 24 heavy (non-hydrogen) atoms. The predicted molar refractivity (Wildman–Crippen MR) is 87.7 cm³/mol. The summed E-state index contributed by atoms with van der Waals surface area (Å²) < 4.78 is 7.71. The summed E-state index contributed by atoms with van der Waals surface area (Å²) in [5.41, 5.74) is 0.692. The smallest absolute Gasteiger partial charge is 0.257 e. The summed E-state index contributed by atoms with van der Waals surface area (Å²) in [4.78, 5) is 16.9. The highest BCUT2D eigenvalue weighted by Crippen LogP contribution is 2.24. The number of carbonyl (C=O) groups excluding carboxylic acids is 1. The molecule has 0 unspecified atom stereocenters. The first kappa shape index (κ1) is 15.4. The average molecular weight is 329 g/mol. The topological polar surface area (TPSA) is 67.4 Å². The third-order valence-electron chi connectivity index (χ3n) is 5.11. The van der Waals surface area contributed by atoms with Crippen LogP contribution in [0.2, 0.25) is 0 Å². The summed E-state index contributed by atoms with van der Waals surface area (Å²) in [6, 6.07) is 2.25. The molecule has 2 aliphatic rings. The van der Waals surface area contributed by atoms with E-state index in [0.717, 1.165) is 56.6 Å². The van der Waals surface area contributed by atoms with Crippen LogP contribution in [0.15, 0.2) is 10.5 Å². The van der Waals surface area contributed by atoms with E-state index in [9.17, 15) is 4.79 Å². The number of carbonyl (C=O) groups is 1. The fraction of sp³-hybridized carbons (Fsp3) is 0.588. The molecule has 1 fully saturated rings. The second-order valence-electron chi connectivity index (χ2n) is 6.70. The normalized spacial score (nSPS) is 18.5. The molecule has 2 aromatic heterocycles. The maximum Gasteiger partial charge on any atom is 0.257 e. The highest BCUT2D eigenvalue weighted by atomic mass is 16.3. The zero-order valence-corrected chi connectivity index (χ0v) is 14.4. The Morgan fingerprint density at radius 2 is 2.08 bits per heavy atom. The Bertz CT molecular complexity index is 772. The van der Waals surface area contributed by atoms with Gasteiger partial charge in [-0.2, -0.15) is 0 Å². The van der Waals surface area contributed by atoms with Crippen molar-refractivity contribution in [3.8, 4) is 0 Å². The minimum Gasteiger partial charge on any atom is -0.466 e. The van der Waals surface area contributed by atoms with Crippen LogP contribution in [0.25, 0.3) is 0 Å². The average Bonchev–Trinajstić information content (AvgIpc) is 3.07. The molecule has 0 saturated carbocycles. The Morgan fingerprint density at radius 1 is 1.29 bits per heavy atom. The summed E-state index contributed by atoms with van der Waals surface area (Å²) in [5.74, 6) is 3.69. The van der Waals surface area contributed by atoms with E-state index < -0.39 is 0 Å². The van der Waals surface area contributed by atoms with Gasteiger partial charge in [0.2, 0.25) is 0 Å². The van der Waals surface area contributed by atoms with Gasteiger partial charge in [-0.1, -0.05) is 6.92 Å². The lowest BCUT2D eigenvalue weighted by atomic mass is 10.0. The number of likely N-dealkylation sites (tertiary alicyclic amines) is 1. The van der Waals surface area contributed by atoms with E-state index in [1.165, 1.54) is 0 Å². The van der Waals surface area contributed by atoms with E-state index in [1.54, 1.807) is 0 Å². The first-order valence-electron chi connectivity index (χ1n) is 8.58. The van der Waals surface area contributed by atoms with Gasteiger partial charge in [0, 0.05) is 38.6 Å². The van der Waals surface area contributed by atoms with Gasteiger partial charge >= 0.3 is 0 Å². The molecule has 0 spiro atoms. The molecule has 0 N–H and O–H groups in total. The first-order chi connectivity index (χ1) is 11.6. The lowest BCUT2D eigenvalue weighted by Crippen LogP contribution is -2.62. The predicted octanol–water partition coefficient (Wildman–Crippen LogP) is 1.39. The van der Waals surface area contributed by atoms with Crippen molar-refractivity contribution in [2.24, 2.45) is 0 Å². The SMILES string of the molecule is CCc1nnc2n1CCN(C1CN(C(=O)c3cc(C)oc3C)C1)C2. The Hall–Kier alpha value is -2.15. The molecule has 0 atom stereocenters. The van der Waals surface area contributed by atoms with Crippen LogP contribution in [0.4, 0.5) is 0 Å². The van der Waals surface area contributed by atoms with Crippen molar-refractivity contribution >= 4 is 5.91 Å². The van der Waals surface area contributed by atoms with Crippen molar-refractivity contribution < 1.29 is 9.21 Å². The van der Waals surface area contributed by atoms with Crippen molar-refractivity contribution in [2.45, 2.75) is 46.3 Å². The Labute approximate surface area is 141 Å². The summed E-state index contributed by atoms with van der Waals surface area (Å²) >= 11 is 0. The fourth-order valence-corrected chi connectivity index (χ4v) is 3.68. The molecule has 2 aromatic rings. The van der Waals surface area contributed by atoms with Crippen molar-refractivity contribution in [1.82, 2.24) is 24.6 Å². The summed E-state index contributed by atoms with van der Waals surface area (Å²) in [6.07, 6.45) is 0.919. The van der Waals surface area contributed by atoms with Gasteiger partial charge in [-0.05, 0) is 19.9 Å². The van der Waals surface area contributed by atoms with Crippen molar-refractivity contribution in [3.05, 3.63) is 34.8 Å². The number of aryl methyl sites for hydroxylation is 3. The molecule has 1 saturated heterocycles. The molecule has 0 bridgehead atoms. The molecule has 4 heterocycles. The highest BCUT2D eigenvalue weighted by molar-refractivity contribution is 5.95. The van der Waals surface area contributed by atoms with Crippen molar-refractivity contribution in [1.29, 1.82) is 0 Å².